The van der Waals surface area contributed by atoms with E-state index in [2.05, 4.69) is 23.7 Å². The van der Waals surface area contributed by atoms with Gasteiger partial charge in [-0.15, -0.1) is 6.58 Å². The Hall–Kier alpha value is -0.830. The van der Waals surface area contributed by atoms with Gasteiger partial charge in [-0.2, -0.15) is 0 Å². The summed E-state index contributed by atoms with van der Waals surface area (Å²) in [5.41, 5.74) is 0. The van der Waals surface area contributed by atoms with E-state index >= 15 is 0 Å². The molecule has 1 fully saturated rings. The van der Waals surface area contributed by atoms with E-state index in [1.54, 1.807) is 6.08 Å². The van der Waals surface area contributed by atoms with Crippen LogP contribution in [0.1, 0.15) is 32.6 Å². The maximum Gasteiger partial charge on any atom is 0.237 e. The van der Waals surface area contributed by atoms with E-state index in [0.717, 1.165) is 25.9 Å². The monoisotopic (exact) mass is 210 g/mol. The van der Waals surface area contributed by atoms with Gasteiger partial charge in [0.1, 0.15) is 0 Å². The van der Waals surface area contributed by atoms with Gasteiger partial charge in [0, 0.05) is 6.54 Å². The Balaban J connectivity index is 2.46. The quantitative estimate of drug-likeness (QED) is 0.698. The lowest BCUT2D eigenvalue weighted by atomic mass is 10.0. The van der Waals surface area contributed by atoms with Gasteiger partial charge < -0.3 is 5.32 Å². The van der Waals surface area contributed by atoms with Crippen LogP contribution in [0.3, 0.4) is 0 Å². The van der Waals surface area contributed by atoms with Gasteiger partial charge in [-0.05, 0) is 32.4 Å². The highest BCUT2D eigenvalue weighted by Gasteiger charge is 2.27. The van der Waals surface area contributed by atoms with Crippen molar-refractivity contribution >= 4 is 5.91 Å². The first kappa shape index (κ1) is 12.2. The molecule has 3 heteroatoms. The smallest absolute Gasteiger partial charge is 0.237 e. The van der Waals surface area contributed by atoms with Crippen LogP contribution in [-0.2, 0) is 4.79 Å². The number of rotatable bonds is 5. The fraction of sp³-hybridized carbons (Fsp3) is 0.750. The number of hydrogen-bond acceptors (Lipinski definition) is 2. The molecular weight excluding hydrogens is 188 g/mol. The van der Waals surface area contributed by atoms with E-state index in [4.69, 9.17) is 0 Å². The van der Waals surface area contributed by atoms with Crippen LogP contribution in [0.4, 0.5) is 0 Å². The first-order chi connectivity index (χ1) is 7.29. The minimum Gasteiger partial charge on any atom is -0.351 e. The van der Waals surface area contributed by atoms with Crippen LogP contribution in [0.2, 0.25) is 0 Å². The summed E-state index contributed by atoms with van der Waals surface area (Å²) in [5, 5.41) is 2.89. The zero-order valence-corrected chi connectivity index (χ0v) is 9.67. The van der Waals surface area contributed by atoms with Crippen molar-refractivity contribution in [3.8, 4) is 0 Å². The van der Waals surface area contributed by atoms with Crippen LogP contribution in [0, 0.1) is 0 Å². The summed E-state index contributed by atoms with van der Waals surface area (Å²) in [4.78, 5) is 14.1. The van der Waals surface area contributed by atoms with Crippen molar-refractivity contribution in [3.63, 3.8) is 0 Å². The van der Waals surface area contributed by atoms with Crippen molar-refractivity contribution in [1.29, 1.82) is 0 Å². The molecule has 0 aromatic carbocycles. The van der Waals surface area contributed by atoms with Crippen LogP contribution in [0.15, 0.2) is 12.7 Å². The van der Waals surface area contributed by atoms with Gasteiger partial charge in [-0.25, -0.2) is 0 Å². The average Bonchev–Trinajstić information content (AvgIpc) is 2.27. The third-order valence-corrected chi connectivity index (χ3v) is 2.85. The molecule has 0 saturated carbocycles. The van der Waals surface area contributed by atoms with E-state index in [1.165, 1.54) is 12.8 Å². The second kappa shape index (κ2) is 6.62. The summed E-state index contributed by atoms with van der Waals surface area (Å²) in [5.74, 6) is 0.169. The molecule has 1 aliphatic rings. The molecule has 1 saturated heterocycles. The summed E-state index contributed by atoms with van der Waals surface area (Å²) in [6, 6.07) is 0.0960. The number of piperidine rings is 1. The van der Waals surface area contributed by atoms with Crippen molar-refractivity contribution in [1.82, 2.24) is 10.2 Å². The van der Waals surface area contributed by atoms with Crippen molar-refractivity contribution in [2.24, 2.45) is 0 Å². The fourth-order valence-corrected chi connectivity index (χ4v) is 2.13. The first-order valence-electron chi connectivity index (χ1n) is 5.92. The highest BCUT2D eigenvalue weighted by atomic mass is 16.2. The largest absolute Gasteiger partial charge is 0.351 e. The number of nitrogens with zero attached hydrogens (tertiary/aromatic N) is 1. The molecule has 1 heterocycles. The number of likely N-dealkylation sites (tertiary alicyclic amines) is 1. The molecular formula is C12H22N2O. The Morgan fingerprint density at radius 2 is 2.40 bits per heavy atom. The predicted molar refractivity (Wildman–Crippen MR) is 62.7 cm³/mol. The van der Waals surface area contributed by atoms with E-state index in [0.29, 0.717) is 6.54 Å². The molecule has 0 radical (unpaired) electrons. The molecule has 1 amide bonds. The number of nitrogens with one attached hydrogen (secondary N) is 1. The number of carbonyl (C=O) groups is 1. The molecule has 3 nitrogen and oxygen atoms in total. The van der Waals surface area contributed by atoms with Crippen LogP contribution < -0.4 is 5.32 Å². The summed E-state index contributed by atoms with van der Waals surface area (Å²) in [6.07, 6.45) is 6.25. The molecule has 1 unspecified atom stereocenters. The second-order valence-corrected chi connectivity index (χ2v) is 4.08. The molecule has 0 spiro atoms. The van der Waals surface area contributed by atoms with Crippen LogP contribution in [-0.4, -0.2) is 36.5 Å². The molecule has 0 aromatic rings. The summed E-state index contributed by atoms with van der Waals surface area (Å²) in [6.45, 7) is 8.45. The standard InChI is InChI=1S/C12H22N2O/c1-3-8-13-12(15)11-7-5-6-10-14(11)9-4-2/h3,11H,1,4-10H2,2H3,(H,13,15). The zero-order valence-electron chi connectivity index (χ0n) is 9.67. The Labute approximate surface area is 92.5 Å². The summed E-state index contributed by atoms with van der Waals surface area (Å²) in [7, 11) is 0. The van der Waals surface area contributed by atoms with Crippen molar-refractivity contribution in [3.05, 3.63) is 12.7 Å². The van der Waals surface area contributed by atoms with Crippen molar-refractivity contribution in [2.75, 3.05) is 19.6 Å². The molecule has 86 valence electrons. The normalized spacial score (nSPS) is 22.3. The van der Waals surface area contributed by atoms with Gasteiger partial charge in [-0.3, -0.25) is 9.69 Å². The van der Waals surface area contributed by atoms with Gasteiger partial charge >= 0.3 is 0 Å². The molecule has 1 rings (SSSR count). The van der Waals surface area contributed by atoms with Crippen molar-refractivity contribution in [2.45, 2.75) is 38.6 Å². The number of carbonyl (C=O) groups excluding carboxylic acids is 1. The number of hydrogen-bond donors (Lipinski definition) is 1. The third-order valence-electron chi connectivity index (χ3n) is 2.85. The van der Waals surface area contributed by atoms with Gasteiger partial charge in [0.2, 0.25) is 5.91 Å². The molecule has 0 aromatic heterocycles. The highest BCUT2D eigenvalue weighted by molar-refractivity contribution is 5.81. The fourth-order valence-electron chi connectivity index (χ4n) is 2.13. The van der Waals surface area contributed by atoms with E-state index in [9.17, 15) is 4.79 Å². The topological polar surface area (TPSA) is 32.3 Å². The lowest BCUT2D eigenvalue weighted by molar-refractivity contribution is -0.127. The zero-order chi connectivity index (χ0) is 11.1. The van der Waals surface area contributed by atoms with Gasteiger partial charge in [0.25, 0.3) is 0 Å². The Bertz CT molecular complexity index is 214. The molecule has 1 aliphatic heterocycles. The maximum atomic E-state index is 11.8. The minimum atomic E-state index is 0.0960. The van der Waals surface area contributed by atoms with E-state index in [-0.39, 0.29) is 11.9 Å². The van der Waals surface area contributed by atoms with Gasteiger partial charge in [0.05, 0.1) is 6.04 Å². The Kier molecular flexibility index (Phi) is 5.40. The van der Waals surface area contributed by atoms with Crippen LogP contribution in [0.5, 0.6) is 0 Å². The minimum absolute atomic E-state index is 0.0960. The lowest BCUT2D eigenvalue weighted by Crippen LogP contribution is -2.49. The predicted octanol–water partition coefficient (Wildman–Crippen LogP) is 1.55. The molecule has 15 heavy (non-hydrogen) atoms. The van der Waals surface area contributed by atoms with Crippen LogP contribution >= 0.6 is 0 Å². The van der Waals surface area contributed by atoms with Gasteiger partial charge in [-0.1, -0.05) is 19.4 Å². The van der Waals surface area contributed by atoms with E-state index in [1.807, 2.05) is 0 Å². The van der Waals surface area contributed by atoms with Crippen molar-refractivity contribution < 1.29 is 4.79 Å². The SMILES string of the molecule is C=CCNC(=O)C1CCCCN1CCC. The average molecular weight is 210 g/mol. The first-order valence-corrected chi connectivity index (χ1v) is 5.92. The summed E-state index contributed by atoms with van der Waals surface area (Å²) >= 11 is 0. The second-order valence-electron chi connectivity index (χ2n) is 4.08. The third kappa shape index (κ3) is 3.67. The Morgan fingerprint density at radius 1 is 1.60 bits per heavy atom. The number of amides is 1. The molecule has 0 aliphatic carbocycles. The van der Waals surface area contributed by atoms with Crippen LogP contribution in [0.25, 0.3) is 0 Å². The summed E-state index contributed by atoms with van der Waals surface area (Å²) < 4.78 is 0. The van der Waals surface area contributed by atoms with E-state index < -0.39 is 0 Å². The maximum absolute atomic E-state index is 11.8. The Morgan fingerprint density at radius 3 is 3.07 bits per heavy atom. The highest BCUT2D eigenvalue weighted by Crippen LogP contribution is 2.17. The van der Waals surface area contributed by atoms with Gasteiger partial charge in [0.15, 0.2) is 0 Å². The molecule has 1 N–H and O–H groups in total. The molecule has 1 atom stereocenters. The lowest BCUT2D eigenvalue weighted by Gasteiger charge is -2.34. The molecule has 0 bridgehead atoms.